The van der Waals surface area contributed by atoms with Crippen LogP contribution in [0.5, 0.6) is 17.4 Å². The zero-order valence-electron chi connectivity index (χ0n) is 17.8. The van der Waals surface area contributed by atoms with E-state index in [1.807, 2.05) is 12.1 Å². The number of nitrogens with one attached hydrogen (secondary N) is 1. The molecule has 32 heavy (non-hydrogen) atoms. The highest BCUT2D eigenvalue weighted by Gasteiger charge is 2.36. The third kappa shape index (κ3) is 3.85. The van der Waals surface area contributed by atoms with E-state index in [-0.39, 0.29) is 23.2 Å². The summed E-state index contributed by atoms with van der Waals surface area (Å²) in [6, 6.07) is 13.7. The molecule has 1 aliphatic rings. The summed E-state index contributed by atoms with van der Waals surface area (Å²) in [5, 5.41) is 17.1. The number of nitrogens with two attached hydrogens (primary N) is 1. The van der Waals surface area contributed by atoms with Crippen molar-refractivity contribution >= 4 is 0 Å². The van der Waals surface area contributed by atoms with Crippen molar-refractivity contribution in [2.24, 2.45) is 5.73 Å². The second-order valence-electron chi connectivity index (χ2n) is 7.36. The van der Waals surface area contributed by atoms with Crippen LogP contribution in [0.15, 0.2) is 53.9 Å². The Morgan fingerprint density at radius 2 is 2.00 bits per heavy atom. The number of halogens is 1. The van der Waals surface area contributed by atoms with E-state index in [9.17, 15) is 9.65 Å². The van der Waals surface area contributed by atoms with Crippen molar-refractivity contribution in [2.75, 3.05) is 13.7 Å². The Bertz CT molecular complexity index is 1190. The second-order valence-corrected chi connectivity index (χ2v) is 7.36. The average molecular weight is 434 g/mol. The molecule has 0 aliphatic carbocycles. The molecule has 1 aliphatic heterocycles. The van der Waals surface area contributed by atoms with E-state index in [1.54, 1.807) is 25.3 Å². The van der Waals surface area contributed by atoms with Gasteiger partial charge in [0.1, 0.15) is 17.5 Å². The van der Waals surface area contributed by atoms with E-state index in [2.05, 4.69) is 23.2 Å². The number of benzene rings is 2. The number of aromatic amines is 1. The largest absolute Gasteiger partial charge is 0.493 e. The molecule has 4 rings (SSSR count). The maximum Gasteiger partial charge on any atom is 0.244 e. The van der Waals surface area contributed by atoms with Crippen LogP contribution in [0.1, 0.15) is 36.8 Å². The number of fused-ring (bicyclic) bond motifs is 1. The molecule has 164 valence electrons. The molecule has 0 saturated heterocycles. The van der Waals surface area contributed by atoms with Crippen LogP contribution in [0, 0.1) is 17.1 Å². The SMILES string of the molecule is CCCCOc1cc([C@@H]2C(C#N)=C(N)Oc3n[nH]c(-c4ccc(F)cc4)c32)ccc1OC. The van der Waals surface area contributed by atoms with Gasteiger partial charge in [-0.25, -0.2) is 4.39 Å². The first-order valence-electron chi connectivity index (χ1n) is 10.3. The molecule has 0 radical (unpaired) electrons. The van der Waals surface area contributed by atoms with Crippen LogP contribution < -0.4 is 19.9 Å². The Hall–Kier alpha value is -3.99. The van der Waals surface area contributed by atoms with Crippen LogP contribution in [0.2, 0.25) is 0 Å². The van der Waals surface area contributed by atoms with Crippen molar-refractivity contribution in [3.05, 3.63) is 70.9 Å². The molecule has 0 spiro atoms. The molecule has 1 atom stereocenters. The van der Waals surface area contributed by atoms with Gasteiger partial charge in [0.05, 0.1) is 30.9 Å². The molecular formula is C24H23FN4O3. The van der Waals surface area contributed by atoms with Gasteiger partial charge in [0.15, 0.2) is 11.5 Å². The molecule has 3 aromatic rings. The number of hydrogen-bond acceptors (Lipinski definition) is 6. The first-order chi connectivity index (χ1) is 15.6. The second kappa shape index (κ2) is 9.02. The Morgan fingerprint density at radius 1 is 1.22 bits per heavy atom. The lowest BCUT2D eigenvalue weighted by Gasteiger charge is -2.25. The topological polar surface area (TPSA) is 106 Å². The predicted octanol–water partition coefficient (Wildman–Crippen LogP) is 4.62. The Kier molecular flexibility index (Phi) is 5.99. The van der Waals surface area contributed by atoms with Crippen molar-refractivity contribution in [1.82, 2.24) is 10.2 Å². The van der Waals surface area contributed by atoms with Crippen LogP contribution in [-0.4, -0.2) is 23.9 Å². The highest BCUT2D eigenvalue weighted by Crippen LogP contribution is 2.47. The Balaban J connectivity index is 1.85. The fourth-order valence-corrected chi connectivity index (χ4v) is 3.73. The minimum Gasteiger partial charge on any atom is -0.493 e. The van der Waals surface area contributed by atoms with Crippen molar-refractivity contribution < 1.29 is 18.6 Å². The molecular weight excluding hydrogens is 411 g/mol. The third-order valence-electron chi connectivity index (χ3n) is 5.35. The molecule has 2 heterocycles. The molecule has 0 saturated carbocycles. The van der Waals surface area contributed by atoms with Crippen LogP contribution >= 0.6 is 0 Å². The first kappa shape index (κ1) is 21.2. The minimum absolute atomic E-state index is 0.00794. The van der Waals surface area contributed by atoms with E-state index in [0.29, 0.717) is 34.9 Å². The molecule has 7 nitrogen and oxygen atoms in total. The number of methoxy groups -OCH3 is 1. The van der Waals surface area contributed by atoms with Crippen molar-refractivity contribution in [2.45, 2.75) is 25.7 Å². The number of hydrogen-bond donors (Lipinski definition) is 2. The number of H-pyrrole nitrogens is 1. The molecule has 0 unspecified atom stereocenters. The number of rotatable bonds is 7. The summed E-state index contributed by atoms with van der Waals surface area (Å²) in [6.07, 6.45) is 1.90. The van der Waals surface area contributed by atoms with E-state index in [4.69, 9.17) is 19.9 Å². The Morgan fingerprint density at radius 3 is 2.69 bits per heavy atom. The van der Waals surface area contributed by atoms with Crippen LogP contribution in [-0.2, 0) is 0 Å². The number of allylic oxidation sites excluding steroid dienone is 1. The number of nitrogens with zero attached hydrogens (tertiary/aromatic N) is 2. The van der Waals surface area contributed by atoms with Crippen molar-refractivity contribution in [1.29, 1.82) is 5.26 Å². The molecule has 3 N–H and O–H groups in total. The molecule has 2 aromatic carbocycles. The van der Waals surface area contributed by atoms with Crippen LogP contribution in [0.25, 0.3) is 11.3 Å². The maximum atomic E-state index is 13.5. The zero-order chi connectivity index (χ0) is 22.7. The van der Waals surface area contributed by atoms with Crippen molar-refractivity contribution in [3.8, 4) is 34.7 Å². The lowest BCUT2D eigenvalue weighted by molar-refractivity contribution is 0.288. The van der Waals surface area contributed by atoms with Gasteiger partial charge in [0, 0.05) is 5.56 Å². The van der Waals surface area contributed by atoms with Gasteiger partial charge >= 0.3 is 0 Å². The number of ether oxygens (including phenoxy) is 3. The quantitative estimate of drug-likeness (QED) is 0.526. The maximum absolute atomic E-state index is 13.5. The van der Waals surface area contributed by atoms with Gasteiger partial charge in [0.2, 0.25) is 11.8 Å². The normalized spacial score (nSPS) is 15.0. The molecule has 8 heteroatoms. The monoisotopic (exact) mass is 434 g/mol. The first-order valence-corrected chi connectivity index (χ1v) is 10.3. The van der Waals surface area contributed by atoms with Gasteiger partial charge in [-0.2, -0.15) is 5.26 Å². The highest BCUT2D eigenvalue weighted by molar-refractivity contribution is 5.71. The average Bonchev–Trinajstić information content (AvgIpc) is 3.22. The summed E-state index contributed by atoms with van der Waals surface area (Å²) in [7, 11) is 1.58. The molecule has 0 amide bonds. The van der Waals surface area contributed by atoms with Gasteiger partial charge in [0.25, 0.3) is 0 Å². The molecule has 0 bridgehead atoms. The summed E-state index contributed by atoms with van der Waals surface area (Å²) in [6.45, 7) is 2.63. The van der Waals surface area contributed by atoms with E-state index in [1.165, 1.54) is 12.1 Å². The van der Waals surface area contributed by atoms with Crippen LogP contribution in [0.3, 0.4) is 0 Å². The Labute approximate surface area is 185 Å². The molecule has 0 fully saturated rings. The third-order valence-corrected chi connectivity index (χ3v) is 5.35. The van der Waals surface area contributed by atoms with Gasteiger partial charge in [-0.1, -0.05) is 19.4 Å². The summed E-state index contributed by atoms with van der Waals surface area (Å²) in [4.78, 5) is 0. The predicted molar refractivity (Wildman–Crippen MR) is 117 cm³/mol. The van der Waals surface area contributed by atoms with Crippen LogP contribution in [0.4, 0.5) is 4.39 Å². The van der Waals surface area contributed by atoms with Crippen molar-refractivity contribution in [3.63, 3.8) is 0 Å². The van der Waals surface area contributed by atoms with Gasteiger partial charge in [-0.15, -0.1) is 5.10 Å². The fraction of sp³-hybridized carbons (Fsp3) is 0.250. The summed E-state index contributed by atoms with van der Waals surface area (Å²) in [5.74, 6) is 0.539. The van der Waals surface area contributed by atoms with E-state index >= 15 is 0 Å². The summed E-state index contributed by atoms with van der Waals surface area (Å²) in [5.41, 5.74) is 9.07. The molecule has 1 aromatic heterocycles. The number of nitriles is 1. The van der Waals surface area contributed by atoms with Gasteiger partial charge in [-0.05, 0) is 48.4 Å². The zero-order valence-corrected chi connectivity index (χ0v) is 17.8. The summed E-state index contributed by atoms with van der Waals surface area (Å²) < 4.78 is 30.5. The lowest BCUT2D eigenvalue weighted by Crippen LogP contribution is -2.21. The summed E-state index contributed by atoms with van der Waals surface area (Å²) >= 11 is 0. The van der Waals surface area contributed by atoms with Gasteiger partial charge in [-0.3, -0.25) is 5.10 Å². The lowest BCUT2D eigenvalue weighted by atomic mass is 9.83. The minimum atomic E-state index is -0.554. The highest BCUT2D eigenvalue weighted by atomic mass is 19.1. The smallest absolute Gasteiger partial charge is 0.244 e. The fourth-order valence-electron chi connectivity index (χ4n) is 3.73. The number of aromatic nitrogens is 2. The van der Waals surface area contributed by atoms with Gasteiger partial charge < -0.3 is 19.9 Å². The number of unbranched alkanes of at least 4 members (excludes halogenated alkanes) is 1. The standard InChI is InChI=1S/C24H23FN4O3/c1-3-4-11-31-19-12-15(7-10-18(19)30-2)20-17(13-26)23(27)32-24-21(20)22(28-29-24)14-5-8-16(25)9-6-14/h5-10,12,20H,3-4,11,27H2,1-2H3,(H,28,29)/t20-/m1/s1. The van der Waals surface area contributed by atoms with E-state index < -0.39 is 5.92 Å². The van der Waals surface area contributed by atoms with E-state index in [0.717, 1.165) is 18.4 Å².